The van der Waals surface area contributed by atoms with Gasteiger partial charge in [0.05, 0.1) is 19.5 Å². The summed E-state index contributed by atoms with van der Waals surface area (Å²) in [6.45, 7) is 6.31. The van der Waals surface area contributed by atoms with Crippen LogP contribution in [-0.4, -0.2) is 37.1 Å². The SMILES string of the molecule is Cc1coc2cc3oc(C(=O)N4CCOCC4)c(C)c3cc12. The number of aryl methyl sites for hydroxylation is 2. The first kappa shape index (κ1) is 13.4. The van der Waals surface area contributed by atoms with Crippen molar-refractivity contribution in [2.75, 3.05) is 26.3 Å². The van der Waals surface area contributed by atoms with Gasteiger partial charge in [0.1, 0.15) is 11.2 Å². The first-order valence-electron chi connectivity index (χ1n) is 7.43. The predicted octanol–water partition coefficient (Wildman–Crippen LogP) is 3.27. The first-order valence-corrected chi connectivity index (χ1v) is 7.43. The number of nitrogens with zero attached hydrogens (tertiary/aromatic N) is 1. The Kier molecular flexibility index (Phi) is 2.97. The molecule has 114 valence electrons. The lowest BCUT2D eigenvalue weighted by molar-refractivity contribution is 0.0283. The van der Waals surface area contributed by atoms with Gasteiger partial charge in [-0.3, -0.25) is 4.79 Å². The average Bonchev–Trinajstić information content (AvgIpc) is 3.07. The van der Waals surface area contributed by atoms with Gasteiger partial charge >= 0.3 is 0 Å². The molecule has 0 N–H and O–H groups in total. The van der Waals surface area contributed by atoms with E-state index in [1.165, 1.54) is 0 Å². The van der Waals surface area contributed by atoms with E-state index in [1.54, 1.807) is 11.2 Å². The highest BCUT2D eigenvalue weighted by Gasteiger charge is 2.25. The van der Waals surface area contributed by atoms with Crippen LogP contribution in [0.3, 0.4) is 0 Å². The Labute approximate surface area is 127 Å². The van der Waals surface area contributed by atoms with E-state index in [0.717, 1.165) is 27.5 Å². The molecule has 5 heteroatoms. The molecular weight excluding hydrogens is 282 g/mol. The van der Waals surface area contributed by atoms with Crippen molar-refractivity contribution in [2.45, 2.75) is 13.8 Å². The molecule has 0 spiro atoms. The lowest BCUT2D eigenvalue weighted by atomic mass is 10.1. The fraction of sp³-hybridized carbons (Fsp3) is 0.353. The molecule has 3 aromatic rings. The standard InChI is InChI=1S/C17H17NO4/c1-10-9-21-14-8-15-13(7-12(10)14)11(2)16(22-15)17(19)18-3-5-20-6-4-18/h7-9H,3-6H2,1-2H3. The number of furan rings is 2. The van der Waals surface area contributed by atoms with Crippen LogP contribution in [0.1, 0.15) is 21.7 Å². The molecule has 22 heavy (non-hydrogen) atoms. The van der Waals surface area contributed by atoms with E-state index in [-0.39, 0.29) is 5.91 Å². The van der Waals surface area contributed by atoms with E-state index in [1.807, 2.05) is 26.0 Å². The van der Waals surface area contributed by atoms with Gasteiger partial charge in [-0.05, 0) is 25.5 Å². The van der Waals surface area contributed by atoms with Gasteiger partial charge in [-0.2, -0.15) is 0 Å². The van der Waals surface area contributed by atoms with Crippen LogP contribution in [0.15, 0.2) is 27.2 Å². The highest BCUT2D eigenvalue weighted by atomic mass is 16.5. The number of ether oxygens (including phenoxy) is 1. The van der Waals surface area contributed by atoms with Crippen molar-refractivity contribution in [2.24, 2.45) is 0 Å². The van der Waals surface area contributed by atoms with Crippen LogP contribution < -0.4 is 0 Å². The minimum absolute atomic E-state index is 0.0645. The zero-order valence-corrected chi connectivity index (χ0v) is 12.6. The zero-order chi connectivity index (χ0) is 15.3. The van der Waals surface area contributed by atoms with Crippen LogP contribution in [0.25, 0.3) is 21.9 Å². The number of amides is 1. The largest absolute Gasteiger partial charge is 0.464 e. The molecule has 1 fully saturated rings. The molecule has 4 rings (SSSR count). The molecule has 1 saturated heterocycles. The highest BCUT2D eigenvalue weighted by Crippen LogP contribution is 2.32. The molecule has 1 aliphatic heterocycles. The van der Waals surface area contributed by atoms with Crippen molar-refractivity contribution >= 4 is 27.8 Å². The van der Waals surface area contributed by atoms with Gasteiger partial charge in [-0.15, -0.1) is 0 Å². The summed E-state index contributed by atoms with van der Waals surface area (Å²) in [6, 6.07) is 3.90. The Bertz CT molecular complexity index is 868. The summed E-state index contributed by atoms with van der Waals surface area (Å²) in [4.78, 5) is 14.4. The van der Waals surface area contributed by atoms with Gasteiger partial charge < -0.3 is 18.5 Å². The van der Waals surface area contributed by atoms with Crippen LogP contribution in [0.2, 0.25) is 0 Å². The number of carbonyl (C=O) groups is 1. The fourth-order valence-electron chi connectivity index (χ4n) is 2.98. The number of benzene rings is 1. The maximum atomic E-state index is 12.6. The van der Waals surface area contributed by atoms with Crippen LogP contribution >= 0.6 is 0 Å². The lowest BCUT2D eigenvalue weighted by Gasteiger charge is -2.26. The summed E-state index contributed by atoms with van der Waals surface area (Å²) in [5.41, 5.74) is 3.44. The van der Waals surface area contributed by atoms with Crippen LogP contribution in [0, 0.1) is 13.8 Å². The molecule has 1 aliphatic rings. The number of carbonyl (C=O) groups excluding carboxylic acids is 1. The molecule has 0 unspecified atom stereocenters. The number of fused-ring (bicyclic) bond motifs is 2. The topological polar surface area (TPSA) is 55.8 Å². The number of hydrogen-bond acceptors (Lipinski definition) is 4. The molecule has 5 nitrogen and oxygen atoms in total. The average molecular weight is 299 g/mol. The van der Waals surface area contributed by atoms with Crippen molar-refractivity contribution in [1.29, 1.82) is 0 Å². The summed E-state index contributed by atoms with van der Waals surface area (Å²) >= 11 is 0. The minimum atomic E-state index is -0.0645. The van der Waals surface area contributed by atoms with Crippen LogP contribution in [-0.2, 0) is 4.74 Å². The zero-order valence-electron chi connectivity index (χ0n) is 12.6. The second kappa shape index (κ2) is 4.88. The Morgan fingerprint density at radius 1 is 1.09 bits per heavy atom. The summed E-state index contributed by atoms with van der Waals surface area (Å²) in [5.74, 6) is 0.354. The van der Waals surface area contributed by atoms with Crippen molar-refractivity contribution in [1.82, 2.24) is 4.90 Å². The van der Waals surface area contributed by atoms with E-state index in [0.29, 0.717) is 37.6 Å². The number of hydrogen-bond donors (Lipinski definition) is 0. The Morgan fingerprint density at radius 2 is 1.86 bits per heavy atom. The maximum Gasteiger partial charge on any atom is 0.290 e. The van der Waals surface area contributed by atoms with Gasteiger partial charge in [0, 0.05) is 35.5 Å². The third-order valence-electron chi connectivity index (χ3n) is 4.32. The lowest BCUT2D eigenvalue weighted by Crippen LogP contribution is -2.40. The smallest absolute Gasteiger partial charge is 0.290 e. The van der Waals surface area contributed by atoms with E-state index < -0.39 is 0 Å². The van der Waals surface area contributed by atoms with Crippen molar-refractivity contribution < 1.29 is 18.4 Å². The molecule has 3 heterocycles. The van der Waals surface area contributed by atoms with Crippen LogP contribution in [0.5, 0.6) is 0 Å². The summed E-state index contributed by atoms with van der Waals surface area (Å²) in [5, 5.41) is 2.02. The molecule has 0 aliphatic carbocycles. The van der Waals surface area contributed by atoms with E-state index >= 15 is 0 Å². The highest BCUT2D eigenvalue weighted by molar-refractivity contribution is 6.03. The van der Waals surface area contributed by atoms with E-state index in [9.17, 15) is 4.79 Å². The second-order valence-electron chi connectivity index (χ2n) is 5.72. The predicted molar refractivity (Wildman–Crippen MR) is 82.2 cm³/mol. The molecule has 1 aromatic carbocycles. The Morgan fingerprint density at radius 3 is 2.64 bits per heavy atom. The molecular formula is C17H17NO4. The number of rotatable bonds is 1. The Hall–Kier alpha value is -2.27. The third-order valence-corrected chi connectivity index (χ3v) is 4.32. The monoisotopic (exact) mass is 299 g/mol. The van der Waals surface area contributed by atoms with Gasteiger partial charge in [0.15, 0.2) is 5.76 Å². The van der Waals surface area contributed by atoms with Crippen molar-refractivity contribution in [3.05, 3.63) is 35.3 Å². The first-order chi connectivity index (χ1) is 10.6. The summed E-state index contributed by atoms with van der Waals surface area (Å²) in [7, 11) is 0. The fourth-order valence-corrected chi connectivity index (χ4v) is 2.98. The second-order valence-corrected chi connectivity index (χ2v) is 5.72. The normalized spacial score (nSPS) is 15.8. The molecule has 0 bridgehead atoms. The summed E-state index contributed by atoms with van der Waals surface area (Å²) in [6.07, 6.45) is 1.73. The maximum absolute atomic E-state index is 12.6. The molecule has 0 atom stereocenters. The van der Waals surface area contributed by atoms with Gasteiger partial charge in [0.2, 0.25) is 0 Å². The molecule has 0 saturated carbocycles. The van der Waals surface area contributed by atoms with Gasteiger partial charge in [0.25, 0.3) is 5.91 Å². The van der Waals surface area contributed by atoms with Crippen LogP contribution in [0.4, 0.5) is 0 Å². The Balaban J connectivity index is 1.82. The van der Waals surface area contributed by atoms with Crippen molar-refractivity contribution in [3.8, 4) is 0 Å². The number of morpholine rings is 1. The third kappa shape index (κ3) is 1.93. The van der Waals surface area contributed by atoms with Crippen molar-refractivity contribution in [3.63, 3.8) is 0 Å². The van der Waals surface area contributed by atoms with E-state index in [2.05, 4.69) is 0 Å². The molecule has 0 radical (unpaired) electrons. The summed E-state index contributed by atoms with van der Waals surface area (Å²) < 4.78 is 16.6. The van der Waals surface area contributed by atoms with Gasteiger partial charge in [-0.25, -0.2) is 0 Å². The minimum Gasteiger partial charge on any atom is -0.464 e. The quantitative estimate of drug-likeness (QED) is 0.692. The molecule has 1 amide bonds. The van der Waals surface area contributed by atoms with Gasteiger partial charge in [-0.1, -0.05) is 0 Å². The molecule has 2 aromatic heterocycles. The van der Waals surface area contributed by atoms with E-state index in [4.69, 9.17) is 13.6 Å².